The number of aromatic nitrogens is 2. The molecule has 1 atom stereocenters. The van der Waals surface area contributed by atoms with Gasteiger partial charge in [-0.25, -0.2) is 9.97 Å². The van der Waals surface area contributed by atoms with E-state index in [9.17, 15) is 4.79 Å². The maximum Gasteiger partial charge on any atom is 0.238 e. The summed E-state index contributed by atoms with van der Waals surface area (Å²) in [5.74, 6) is 0.561. The van der Waals surface area contributed by atoms with Crippen LogP contribution in [0.1, 0.15) is 13.3 Å². The van der Waals surface area contributed by atoms with Gasteiger partial charge in [-0.3, -0.25) is 4.79 Å². The first-order chi connectivity index (χ1) is 13.2. The molecule has 1 unspecified atom stereocenters. The molecule has 0 aliphatic heterocycles. The Morgan fingerprint density at radius 1 is 1.11 bits per heavy atom. The van der Waals surface area contributed by atoms with Crippen molar-refractivity contribution in [2.24, 2.45) is 0 Å². The lowest BCUT2D eigenvalue weighted by atomic mass is 10.1. The number of rotatable bonds is 7. The van der Waals surface area contributed by atoms with Crippen molar-refractivity contribution in [2.45, 2.75) is 23.6 Å². The van der Waals surface area contributed by atoms with Crippen LogP contribution in [0.3, 0.4) is 0 Å². The van der Waals surface area contributed by atoms with Crippen LogP contribution < -0.4 is 10.1 Å². The van der Waals surface area contributed by atoms with Crippen LogP contribution in [0, 0.1) is 0 Å². The summed E-state index contributed by atoms with van der Waals surface area (Å²) < 4.78 is 5.30. The van der Waals surface area contributed by atoms with Crippen LogP contribution in [0.5, 0.6) is 5.75 Å². The van der Waals surface area contributed by atoms with Crippen LogP contribution >= 0.6 is 11.8 Å². The summed E-state index contributed by atoms with van der Waals surface area (Å²) in [5, 5.41) is 3.45. The molecular formula is C21H21N3O2S. The zero-order valence-corrected chi connectivity index (χ0v) is 16.1. The Labute approximate surface area is 163 Å². The molecule has 2 aromatic carbocycles. The zero-order valence-electron chi connectivity index (χ0n) is 15.3. The molecule has 1 aromatic heterocycles. The van der Waals surface area contributed by atoms with E-state index < -0.39 is 0 Å². The molecule has 0 spiro atoms. The van der Waals surface area contributed by atoms with E-state index >= 15 is 0 Å². The number of carbonyl (C=O) groups excluding carboxylic acids is 1. The van der Waals surface area contributed by atoms with Gasteiger partial charge in [0, 0.05) is 5.56 Å². The standard InChI is InChI=1S/C21H21N3O2S/c1-3-19(21(25)24-16-11-7-8-12-18(16)26-2)27-20-13-17(22-14-23-20)15-9-5-4-6-10-15/h4-14,19H,3H2,1-2H3,(H,24,25). The fourth-order valence-electron chi connectivity index (χ4n) is 2.60. The van der Waals surface area contributed by atoms with Crippen LogP contribution in [0.25, 0.3) is 11.3 Å². The quantitative estimate of drug-likeness (QED) is 0.478. The smallest absolute Gasteiger partial charge is 0.238 e. The molecule has 138 valence electrons. The Hall–Kier alpha value is -2.86. The van der Waals surface area contributed by atoms with Gasteiger partial charge in [-0.05, 0) is 24.6 Å². The molecule has 0 aliphatic carbocycles. The van der Waals surface area contributed by atoms with E-state index in [1.807, 2.05) is 67.6 Å². The van der Waals surface area contributed by atoms with E-state index in [0.29, 0.717) is 17.9 Å². The monoisotopic (exact) mass is 379 g/mol. The Kier molecular flexibility index (Phi) is 6.44. The van der Waals surface area contributed by atoms with Gasteiger partial charge < -0.3 is 10.1 Å². The second-order valence-corrected chi connectivity index (χ2v) is 7.03. The molecule has 1 N–H and O–H groups in total. The number of para-hydroxylation sites is 2. The van der Waals surface area contributed by atoms with Crippen LogP contribution in [0.4, 0.5) is 5.69 Å². The van der Waals surface area contributed by atoms with E-state index in [0.717, 1.165) is 16.3 Å². The lowest BCUT2D eigenvalue weighted by Gasteiger charge is -2.16. The molecule has 0 bridgehead atoms. The van der Waals surface area contributed by atoms with E-state index in [4.69, 9.17) is 4.74 Å². The number of ether oxygens (including phenoxy) is 1. The normalized spacial score (nSPS) is 11.6. The SMILES string of the molecule is CCC(Sc1cc(-c2ccccc2)ncn1)C(=O)Nc1ccccc1OC. The van der Waals surface area contributed by atoms with Gasteiger partial charge in [-0.2, -0.15) is 0 Å². The van der Waals surface area contributed by atoms with Crippen molar-refractivity contribution in [3.05, 3.63) is 67.0 Å². The second-order valence-electron chi connectivity index (χ2n) is 5.81. The maximum absolute atomic E-state index is 12.7. The number of hydrogen-bond donors (Lipinski definition) is 1. The molecule has 0 saturated heterocycles. The number of methoxy groups -OCH3 is 1. The summed E-state index contributed by atoms with van der Waals surface area (Å²) >= 11 is 1.43. The summed E-state index contributed by atoms with van der Waals surface area (Å²) in [6.45, 7) is 1.98. The molecule has 27 heavy (non-hydrogen) atoms. The first-order valence-electron chi connectivity index (χ1n) is 8.69. The number of benzene rings is 2. The predicted molar refractivity (Wildman–Crippen MR) is 109 cm³/mol. The van der Waals surface area contributed by atoms with Gasteiger partial charge in [0.15, 0.2) is 0 Å². The Morgan fingerprint density at radius 3 is 2.59 bits per heavy atom. The highest BCUT2D eigenvalue weighted by molar-refractivity contribution is 8.00. The average molecular weight is 379 g/mol. The Balaban J connectivity index is 1.74. The van der Waals surface area contributed by atoms with Crippen LogP contribution in [0.15, 0.2) is 72.0 Å². The number of nitrogens with zero attached hydrogens (tertiary/aromatic N) is 2. The number of amides is 1. The fraction of sp³-hybridized carbons (Fsp3) is 0.190. The molecule has 3 aromatic rings. The second kappa shape index (κ2) is 9.19. The molecule has 1 amide bonds. The summed E-state index contributed by atoms with van der Waals surface area (Å²) in [7, 11) is 1.59. The van der Waals surface area contributed by atoms with Crippen molar-refractivity contribution in [3.63, 3.8) is 0 Å². The largest absolute Gasteiger partial charge is 0.495 e. The molecule has 0 saturated carbocycles. The fourth-order valence-corrected chi connectivity index (χ4v) is 3.51. The van der Waals surface area contributed by atoms with Gasteiger partial charge >= 0.3 is 0 Å². The van der Waals surface area contributed by atoms with E-state index in [1.54, 1.807) is 7.11 Å². The van der Waals surface area contributed by atoms with Gasteiger partial charge in [0.05, 0.1) is 23.7 Å². The first kappa shape index (κ1) is 18.9. The number of hydrogen-bond acceptors (Lipinski definition) is 5. The van der Waals surface area contributed by atoms with Crippen LogP contribution in [0.2, 0.25) is 0 Å². The van der Waals surface area contributed by atoms with Gasteiger partial charge in [-0.15, -0.1) is 0 Å². The van der Waals surface area contributed by atoms with Crippen molar-refractivity contribution in [2.75, 3.05) is 12.4 Å². The highest BCUT2D eigenvalue weighted by Crippen LogP contribution is 2.29. The van der Waals surface area contributed by atoms with Crippen molar-refractivity contribution in [1.82, 2.24) is 9.97 Å². The summed E-state index contributed by atoms with van der Waals surface area (Å²) in [6, 6.07) is 19.2. The molecule has 6 heteroatoms. The zero-order chi connectivity index (χ0) is 19.1. The van der Waals surface area contributed by atoms with E-state index in [2.05, 4.69) is 15.3 Å². The minimum atomic E-state index is -0.270. The van der Waals surface area contributed by atoms with Gasteiger partial charge in [0.1, 0.15) is 17.1 Å². The van der Waals surface area contributed by atoms with Crippen molar-refractivity contribution < 1.29 is 9.53 Å². The van der Waals surface area contributed by atoms with Gasteiger partial charge in [0.25, 0.3) is 0 Å². The van der Waals surface area contributed by atoms with Crippen molar-refractivity contribution in [3.8, 4) is 17.0 Å². The maximum atomic E-state index is 12.7. The highest BCUT2D eigenvalue weighted by Gasteiger charge is 2.20. The van der Waals surface area contributed by atoms with Gasteiger partial charge in [0.2, 0.25) is 5.91 Å². The topological polar surface area (TPSA) is 64.1 Å². The third-order valence-corrected chi connectivity index (χ3v) is 5.30. The average Bonchev–Trinajstić information content (AvgIpc) is 2.73. The molecule has 0 radical (unpaired) electrons. The van der Waals surface area contributed by atoms with Crippen LogP contribution in [-0.2, 0) is 4.79 Å². The number of anilines is 1. The Bertz CT molecular complexity index is 903. The number of nitrogens with one attached hydrogen (secondary N) is 1. The summed E-state index contributed by atoms with van der Waals surface area (Å²) in [4.78, 5) is 21.4. The van der Waals surface area contributed by atoms with Crippen molar-refractivity contribution in [1.29, 1.82) is 0 Å². The molecule has 5 nitrogen and oxygen atoms in total. The molecule has 0 fully saturated rings. The lowest BCUT2D eigenvalue weighted by molar-refractivity contribution is -0.115. The number of thioether (sulfide) groups is 1. The first-order valence-corrected chi connectivity index (χ1v) is 9.57. The molecule has 1 heterocycles. The summed E-state index contributed by atoms with van der Waals surface area (Å²) in [6.07, 6.45) is 2.21. The third-order valence-electron chi connectivity index (χ3n) is 4.00. The summed E-state index contributed by atoms with van der Waals surface area (Å²) in [5.41, 5.74) is 2.53. The Morgan fingerprint density at radius 2 is 1.85 bits per heavy atom. The molecule has 0 aliphatic rings. The van der Waals surface area contributed by atoms with E-state index in [-0.39, 0.29) is 11.2 Å². The molecular weight excluding hydrogens is 358 g/mol. The predicted octanol–water partition coefficient (Wildman–Crippen LogP) is 4.66. The van der Waals surface area contributed by atoms with Gasteiger partial charge in [-0.1, -0.05) is 61.2 Å². The van der Waals surface area contributed by atoms with Crippen molar-refractivity contribution >= 4 is 23.4 Å². The third kappa shape index (κ3) is 4.86. The minimum absolute atomic E-state index is 0.0770. The highest BCUT2D eigenvalue weighted by atomic mass is 32.2. The minimum Gasteiger partial charge on any atom is -0.495 e. The number of carbonyl (C=O) groups is 1. The lowest BCUT2D eigenvalue weighted by Crippen LogP contribution is -2.24. The molecule has 3 rings (SSSR count). The van der Waals surface area contributed by atoms with Crippen LogP contribution in [-0.4, -0.2) is 28.2 Å². The van der Waals surface area contributed by atoms with E-state index in [1.165, 1.54) is 18.1 Å².